The van der Waals surface area contributed by atoms with E-state index in [0.717, 1.165) is 42.3 Å². The van der Waals surface area contributed by atoms with Crippen molar-refractivity contribution < 1.29 is 4.79 Å². The molecule has 0 bridgehead atoms. The fraction of sp³-hybridized carbons (Fsp3) is 0.368. The third-order valence-electron chi connectivity index (χ3n) is 5.09. The summed E-state index contributed by atoms with van der Waals surface area (Å²) in [6, 6.07) is 0. The van der Waals surface area contributed by atoms with Crippen LogP contribution in [0.3, 0.4) is 0 Å². The SMILES string of the molecule is Cc1ncc(-c2nccnc2[C@H]2CCCN(C(=O)c3cncnc3)C2)n1C. The molecule has 1 fully saturated rings. The molecule has 0 N–H and O–H groups in total. The summed E-state index contributed by atoms with van der Waals surface area (Å²) in [6.07, 6.45) is 11.7. The van der Waals surface area contributed by atoms with Gasteiger partial charge in [0.15, 0.2) is 0 Å². The Morgan fingerprint density at radius 1 is 1.11 bits per heavy atom. The summed E-state index contributed by atoms with van der Waals surface area (Å²) in [7, 11) is 1.97. The molecule has 1 atom stereocenters. The first-order chi connectivity index (χ1) is 13.1. The van der Waals surface area contributed by atoms with Gasteiger partial charge in [-0.3, -0.25) is 14.8 Å². The molecule has 8 nitrogen and oxygen atoms in total. The number of imidazole rings is 1. The largest absolute Gasteiger partial charge is 0.338 e. The Morgan fingerprint density at radius 2 is 1.89 bits per heavy atom. The van der Waals surface area contributed by atoms with Gasteiger partial charge in [0.1, 0.15) is 17.8 Å². The molecule has 3 aromatic heterocycles. The average molecular weight is 363 g/mol. The molecular weight excluding hydrogens is 342 g/mol. The Labute approximate surface area is 157 Å². The van der Waals surface area contributed by atoms with Crippen LogP contribution in [-0.4, -0.2) is 53.4 Å². The number of rotatable bonds is 3. The van der Waals surface area contributed by atoms with E-state index >= 15 is 0 Å². The first-order valence-electron chi connectivity index (χ1n) is 8.99. The summed E-state index contributed by atoms with van der Waals surface area (Å²) in [5.74, 6) is 1.01. The predicted octanol–water partition coefficient (Wildman–Crippen LogP) is 2.00. The molecule has 8 heteroatoms. The van der Waals surface area contributed by atoms with Crippen LogP contribution < -0.4 is 0 Å². The van der Waals surface area contributed by atoms with Crippen LogP contribution in [0.4, 0.5) is 0 Å². The van der Waals surface area contributed by atoms with Crippen molar-refractivity contribution in [2.75, 3.05) is 13.1 Å². The number of aryl methyl sites for hydroxylation is 1. The molecule has 0 aliphatic carbocycles. The second kappa shape index (κ2) is 7.22. The molecule has 3 aromatic rings. The number of piperidine rings is 1. The monoisotopic (exact) mass is 363 g/mol. The van der Waals surface area contributed by atoms with E-state index in [0.29, 0.717) is 12.1 Å². The van der Waals surface area contributed by atoms with Gasteiger partial charge in [-0.2, -0.15) is 0 Å². The number of likely N-dealkylation sites (tertiary alicyclic amines) is 1. The fourth-order valence-corrected chi connectivity index (χ4v) is 3.54. The topological polar surface area (TPSA) is 89.7 Å². The summed E-state index contributed by atoms with van der Waals surface area (Å²) in [4.78, 5) is 36.1. The van der Waals surface area contributed by atoms with E-state index in [1.807, 2.05) is 29.6 Å². The average Bonchev–Trinajstić information content (AvgIpc) is 3.06. The highest BCUT2D eigenvalue weighted by molar-refractivity contribution is 5.93. The van der Waals surface area contributed by atoms with Crippen molar-refractivity contribution in [1.29, 1.82) is 0 Å². The van der Waals surface area contributed by atoms with Gasteiger partial charge in [0.25, 0.3) is 5.91 Å². The van der Waals surface area contributed by atoms with Crippen LogP contribution in [0.25, 0.3) is 11.4 Å². The summed E-state index contributed by atoms with van der Waals surface area (Å²) in [5, 5.41) is 0. The van der Waals surface area contributed by atoms with Gasteiger partial charge < -0.3 is 9.47 Å². The fourth-order valence-electron chi connectivity index (χ4n) is 3.54. The Balaban J connectivity index is 1.63. The zero-order valence-corrected chi connectivity index (χ0v) is 15.4. The van der Waals surface area contributed by atoms with E-state index in [-0.39, 0.29) is 11.8 Å². The maximum atomic E-state index is 12.8. The first kappa shape index (κ1) is 17.3. The lowest BCUT2D eigenvalue weighted by Gasteiger charge is -2.33. The van der Waals surface area contributed by atoms with Gasteiger partial charge in [-0.05, 0) is 19.8 Å². The van der Waals surface area contributed by atoms with Gasteiger partial charge >= 0.3 is 0 Å². The van der Waals surface area contributed by atoms with Gasteiger partial charge in [0, 0.05) is 50.8 Å². The summed E-state index contributed by atoms with van der Waals surface area (Å²) in [6.45, 7) is 3.30. The Bertz CT molecular complexity index is 954. The van der Waals surface area contributed by atoms with Crippen molar-refractivity contribution in [1.82, 2.24) is 34.4 Å². The second-order valence-electron chi connectivity index (χ2n) is 6.76. The normalized spacial score (nSPS) is 17.1. The minimum atomic E-state index is -0.0397. The molecule has 1 aliphatic rings. The van der Waals surface area contributed by atoms with Gasteiger partial charge in [0.05, 0.1) is 23.1 Å². The quantitative estimate of drug-likeness (QED) is 0.707. The first-order valence-corrected chi connectivity index (χ1v) is 8.99. The van der Waals surface area contributed by atoms with E-state index in [2.05, 4.69) is 24.9 Å². The highest BCUT2D eigenvalue weighted by Crippen LogP contribution is 2.32. The molecule has 0 spiro atoms. The smallest absolute Gasteiger partial charge is 0.257 e. The molecule has 0 aromatic carbocycles. The highest BCUT2D eigenvalue weighted by atomic mass is 16.2. The van der Waals surface area contributed by atoms with E-state index in [9.17, 15) is 4.79 Å². The van der Waals surface area contributed by atoms with E-state index in [1.54, 1.807) is 24.8 Å². The zero-order chi connectivity index (χ0) is 18.8. The third kappa shape index (κ3) is 3.30. The zero-order valence-electron chi connectivity index (χ0n) is 15.4. The minimum absolute atomic E-state index is 0.0397. The maximum Gasteiger partial charge on any atom is 0.257 e. The second-order valence-corrected chi connectivity index (χ2v) is 6.76. The van der Waals surface area contributed by atoms with Gasteiger partial charge in [-0.25, -0.2) is 15.0 Å². The number of aromatic nitrogens is 6. The molecule has 0 radical (unpaired) electrons. The molecule has 0 saturated carbocycles. The standard InChI is InChI=1S/C19H21N7O/c1-13-24-10-16(25(13)2)18-17(22-5-6-23-18)14-4-3-7-26(11-14)19(27)15-8-20-12-21-9-15/h5-6,8-10,12,14H,3-4,7,11H2,1-2H3/t14-/m0/s1. The Morgan fingerprint density at radius 3 is 2.63 bits per heavy atom. The van der Waals surface area contributed by atoms with Crippen molar-refractivity contribution in [2.45, 2.75) is 25.7 Å². The Hall–Kier alpha value is -3.16. The van der Waals surface area contributed by atoms with Crippen molar-refractivity contribution in [3.63, 3.8) is 0 Å². The van der Waals surface area contributed by atoms with E-state index in [4.69, 9.17) is 0 Å². The number of amides is 1. The molecule has 0 unspecified atom stereocenters. The summed E-state index contributed by atoms with van der Waals surface area (Å²) < 4.78 is 2.01. The lowest BCUT2D eigenvalue weighted by molar-refractivity contribution is 0.0705. The van der Waals surface area contributed by atoms with Crippen molar-refractivity contribution in [3.8, 4) is 11.4 Å². The minimum Gasteiger partial charge on any atom is -0.338 e. The third-order valence-corrected chi connectivity index (χ3v) is 5.09. The molecule has 1 aliphatic heterocycles. The van der Waals surface area contributed by atoms with E-state index in [1.165, 1.54) is 6.33 Å². The number of hydrogen-bond acceptors (Lipinski definition) is 6. The van der Waals surface area contributed by atoms with Crippen LogP contribution in [0.15, 0.2) is 37.3 Å². The molecule has 1 amide bonds. The summed E-state index contributed by atoms with van der Waals surface area (Å²) >= 11 is 0. The van der Waals surface area contributed by atoms with Crippen LogP contribution in [0.1, 0.15) is 40.6 Å². The number of hydrogen-bond donors (Lipinski definition) is 0. The van der Waals surface area contributed by atoms with Crippen molar-refractivity contribution in [2.24, 2.45) is 7.05 Å². The molecular formula is C19H21N7O. The Kier molecular flexibility index (Phi) is 4.62. The van der Waals surface area contributed by atoms with E-state index < -0.39 is 0 Å². The number of nitrogens with zero attached hydrogens (tertiary/aromatic N) is 7. The number of carbonyl (C=O) groups is 1. The van der Waals surface area contributed by atoms with Crippen molar-refractivity contribution >= 4 is 5.91 Å². The highest BCUT2D eigenvalue weighted by Gasteiger charge is 2.29. The lowest BCUT2D eigenvalue weighted by atomic mass is 9.92. The van der Waals surface area contributed by atoms with Gasteiger partial charge in [-0.15, -0.1) is 0 Å². The molecule has 138 valence electrons. The summed E-state index contributed by atoms with van der Waals surface area (Å²) in [5.41, 5.74) is 3.21. The predicted molar refractivity (Wildman–Crippen MR) is 98.9 cm³/mol. The molecule has 1 saturated heterocycles. The number of carbonyl (C=O) groups excluding carboxylic acids is 1. The van der Waals surface area contributed by atoms with Gasteiger partial charge in [-0.1, -0.05) is 0 Å². The maximum absolute atomic E-state index is 12.8. The van der Waals surface area contributed by atoms with Crippen LogP contribution in [0.5, 0.6) is 0 Å². The van der Waals surface area contributed by atoms with Crippen LogP contribution in [0.2, 0.25) is 0 Å². The molecule has 27 heavy (non-hydrogen) atoms. The van der Waals surface area contributed by atoms with Crippen LogP contribution in [-0.2, 0) is 7.05 Å². The van der Waals surface area contributed by atoms with Crippen molar-refractivity contribution in [3.05, 3.63) is 54.4 Å². The van der Waals surface area contributed by atoms with Crippen LogP contribution in [0, 0.1) is 6.92 Å². The van der Waals surface area contributed by atoms with Crippen LogP contribution >= 0.6 is 0 Å². The molecule has 4 heterocycles. The molecule has 4 rings (SSSR count). The lowest BCUT2D eigenvalue weighted by Crippen LogP contribution is -2.39. The van der Waals surface area contributed by atoms with Gasteiger partial charge in [0.2, 0.25) is 0 Å².